The molecule has 0 aromatic heterocycles. The molecule has 2 rings (SSSR count). The molecule has 0 aliphatic rings. The number of hydrogen-bond donors (Lipinski definition) is 1. The van der Waals surface area contributed by atoms with Gasteiger partial charge in [0.15, 0.2) is 0 Å². The number of ether oxygens (including phenoxy) is 1. The Bertz CT molecular complexity index is 493. The maximum Gasteiger partial charge on any atom is 0.147 e. The Labute approximate surface area is 113 Å². The monoisotopic (exact) mass is 312 g/mol. The molecule has 0 aliphatic heterocycles. The third-order valence-electron chi connectivity index (χ3n) is 2.24. The van der Waals surface area contributed by atoms with Crippen molar-refractivity contribution in [3.8, 4) is 5.75 Å². The molecule has 0 aliphatic carbocycles. The zero-order valence-electron chi connectivity index (χ0n) is 8.86. The molecule has 0 fully saturated rings. The quantitative estimate of drug-likeness (QED) is 0.823. The van der Waals surface area contributed by atoms with Crippen LogP contribution in [0.3, 0.4) is 0 Å². The smallest absolute Gasteiger partial charge is 0.147 e. The van der Waals surface area contributed by atoms with E-state index in [1.54, 1.807) is 12.1 Å². The van der Waals surface area contributed by atoms with Crippen LogP contribution < -0.4 is 4.74 Å². The van der Waals surface area contributed by atoms with E-state index in [1.807, 2.05) is 18.2 Å². The molecular formula is C13H10BrFOS. The van der Waals surface area contributed by atoms with Gasteiger partial charge in [0.05, 0.1) is 4.47 Å². The number of benzene rings is 2. The predicted molar refractivity (Wildman–Crippen MR) is 72.1 cm³/mol. The highest BCUT2D eigenvalue weighted by Gasteiger charge is 2.05. The molecule has 88 valence electrons. The number of para-hydroxylation sites is 1. The molecule has 0 heterocycles. The average Bonchev–Trinajstić information content (AvgIpc) is 2.31. The first kappa shape index (κ1) is 12.5. The molecule has 0 radical (unpaired) electrons. The Hall–Kier alpha value is -1.00. The summed E-state index contributed by atoms with van der Waals surface area (Å²) >= 11 is 7.71. The van der Waals surface area contributed by atoms with Crippen molar-refractivity contribution in [2.45, 2.75) is 11.5 Å². The van der Waals surface area contributed by atoms with Gasteiger partial charge in [0.1, 0.15) is 18.2 Å². The van der Waals surface area contributed by atoms with Crippen molar-refractivity contribution in [3.63, 3.8) is 0 Å². The van der Waals surface area contributed by atoms with Crippen LogP contribution >= 0.6 is 28.6 Å². The van der Waals surface area contributed by atoms with Crippen LogP contribution in [0.1, 0.15) is 5.56 Å². The largest absolute Gasteiger partial charge is 0.487 e. The minimum absolute atomic E-state index is 0.246. The summed E-state index contributed by atoms with van der Waals surface area (Å²) in [4.78, 5) is 0.765. The molecule has 0 spiro atoms. The molecule has 4 heteroatoms. The van der Waals surface area contributed by atoms with Crippen LogP contribution in [0.15, 0.2) is 51.8 Å². The highest BCUT2D eigenvalue weighted by atomic mass is 79.9. The van der Waals surface area contributed by atoms with E-state index >= 15 is 0 Å². The van der Waals surface area contributed by atoms with Crippen molar-refractivity contribution in [2.75, 3.05) is 0 Å². The lowest BCUT2D eigenvalue weighted by Gasteiger charge is -2.10. The van der Waals surface area contributed by atoms with E-state index in [-0.39, 0.29) is 5.82 Å². The molecule has 0 saturated heterocycles. The lowest BCUT2D eigenvalue weighted by molar-refractivity contribution is 0.297. The van der Waals surface area contributed by atoms with Crippen molar-refractivity contribution >= 4 is 28.6 Å². The van der Waals surface area contributed by atoms with Gasteiger partial charge in [-0.1, -0.05) is 18.2 Å². The van der Waals surface area contributed by atoms with Crippen molar-refractivity contribution < 1.29 is 9.13 Å². The molecule has 0 bridgehead atoms. The first-order chi connectivity index (χ1) is 8.16. The molecule has 0 N–H and O–H groups in total. The number of rotatable bonds is 3. The van der Waals surface area contributed by atoms with E-state index in [0.717, 1.165) is 14.9 Å². The summed E-state index contributed by atoms with van der Waals surface area (Å²) in [5.74, 6) is 0.449. The zero-order valence-corrected chi connectivity index (χ0v) is 11.3. The topological polar surface area (TPSA) is 9.23 Å². The van der Waals surface area contributed by atoms with Gasteiger partial charge in [-0.3, -0.25) is 0 Å². The first-order valence-electron chi connectivity index (χ1n) is 5.01. The SMILES string of the molecule is Fc1ccc(COc2c(S)cccc2Br)cc1. The van der Waals surface area contributed by atoms with Crippen LogP contribution in [0.2, 0.25) is 0 Å². The van der Waals surface area contributed by atoms with Crippen molar-refractivity contribution in [2.24, 2.45) is 0 Å². The molecule has 2 aromatic rings. The second kappa shape index (κ2) is 5.56. The Morgan fingerprint density at radius 1 is 1.12 bits per heavy atom. The van der Waals surface area contributed by atoms with Crippen LogP contribution in [-0.4, -0.2) is 0 Å². The second-order valence-electron chi connectivity index (χ2n) is 3.50. The van der Waals surface area contributed by atoms with Gasteiger partial charge in [-0.25, -0.2) is 4.39 Å². The fourth-order valence-electron chi connectivity index (χ4n) is 1.38. The van der Waals surface area contributed by atoms with Gasteiger partial charge in [-0.2, -0.15) is 0 Å². The Morgan fingerprint density at radius 2 is 1.82 bits per heavy atom. The maximum absolute atomic E-state index is 12.7. The third kappa shape index (κ3) is 3.23. The van der Waals surface area contributed by atoms with Gasteiger partial charge in [-0.05, 0) is 45.8 Å². The molecule has 0 amide bonds. The van der Waals surface area contributed by atoms with Gasteiger partial charge in [0, 0.05) is 4.90 Å². The lowest BCUT2D eigenvalue weighted by atomic mass is 10.2. The van der Waals surface area contributed by atoms with Crippen molar-refractivity contribution in [3.05, 3.63) is 58.3 Å². The van der Waals surface area contributed by atoms with E-state index in [9.17, 15) is 4.39 Å². The standard InChI is InChI=1S/C13H10BrFOS/c14-11-2-1-3-12(17)13(11)16-8-9-4-6-10(15)7-5-9/h1-7,17H,8H2. The summed E-state index contributed by atoms with van der Waals surface area (Å²) in [6.45, 7) is 0.385. The van der Waals surface area contributed by atoms with Gasteiger partial charge in [-0.15, -0.1) is 12.6 Å². The zero-order chi connectivity index (χ0) is 12.3. The highest BCUT2D eigenvalue weighted by molar-refractivity contribution is 9.10. The summed E-state index contributed by atoms with van der Waals surface area (Å²) in [5, 5.41) is 0. The molecule has 0 unspecified atom stereocenters. The summed E-state index contributed by atoms with van der Waals surface area (Å²) in [6, 6.07) is 11.9. The summed E-state index contributed by atoms with van der Waals surface area (Å²) in [6.07, 6.45) is 0. The van der Waals surface area contributed by atoms with Crippen LogP contribution in [0.5, 0.6) is 5.75 Å². The van der Waals surface area contributed by atoms with E-state index < -0.39 is 0 Å². The normalized spacial score (nSPS) is 10.3. The fraction of sp³-hybridized carbons (Fsp3) is 0.0769. The lowest BCUT2D eigenvalue weighted by Crippen LogP contribution is -1.97. The third-order valence-corrected chi connectivity index (χ3v) is 3.22. The first-order valence-corrected chi connectivity index (χ1v) is 6.25. The maximum atomic E-state index is 12.7. The second-order valence-corrected chi connectivity index (χ2v) is 4.84. The molecule has 1 nitrogen and oxygen atoms in total. The molecule has 0 atom stereocenters. The minimum Gasteiger partial charge on any atom is -0.487 e. The van der Waals surface area contributed by atoms with E-state index in [0.29, 0.717) is 12.4 Å². The number of thiol groups is 1. The average molecular weight is 313 g/mol. The van der Waals surface area contributed by atoms with Crippen LogP contribution in [0.4, 0.5) is 4.39 Å². The Balaban J connectivity index is 2.10. The van der Waals surface area contributed by atoms with E-state index in [4.69, 9.17) is 4.74 Å². The van der Waals surface area contributed by atoms with Crippen LogP contribution in [0, 0.1) is 5.82 Å². The van der Waals surface area contributed by atoms with E-state index in [1.165, 1.54) is 12.1 Å². The Kier molecular flexibility index (Phi) is 4.07. The highest BCUT2D eigenvalue weighted by Crippen LogP contribution is 2.31. The molecule has 17 heavy (non-hydrogen) atoms. The number of halogens is 2. The van der Waals surface area contributed by atoms with Crippen LogP contribution in [-0.2, 0) is 6.61 Å². The van der Waals surface area contributed by atoms with E-state index in [2.05, 4.69) is 28.6 Å². The molecule has 2 aromatic carbocycles. The summed E-state index contributed by atoms with van der Waals surface area (Å²) in [7, 11) is 0. The van der Waals surface area contributed by atoms with Gasteiger partial charge >= 0.3 is 0 Å². The van der Waals surface area contributed by atoms with Gasteiger partial charge in [0.2, 0.25) is 0 Å². The fourth-order valence-corrected chi connectivity index (χ4v) is 2.28. The molecular weight excluding hydrogens is 303 g/mol. The Morgan fingerprint density at radius 3 is 2.47 bits per heavy atom. The molecule has 0 saturated carbocycles. The van der Waals surface area contributed by atoms with Gasteiger partial charge in [0.25, 0.3) is 0 Å². The number of hydrogen-bond acceptors (Lipinski definition) is 2. The van der Waals surface area contributed by atoms with Crippen molar-refractivity contribution in [1.29, 1.82) is 0 Å². The summed E-state index contributed by atoms with van der Waals surface area (Å²) in [5.41, 5.74) is 0.912. The van der Waals surface area contributed by atoms with Crippen LogP contribution in [0.25, 0.3) is 0 Å². The minimum atomic E-state index is -0.246. The summed E-state index contributed by atoms with van der Waals surface area (Å²) < 4.78 is 19.2. The van der Waals surface area contributed by atoms with Crippen molar-refractivity contribution in [1.82, 2.24) is 0 Å². The van der Waals surface area contributed by atoms with Gasteiger partial charge < -0.3 is 4.74 Å². The predicted octanol–water partition coefficient (Wildman–Crippen LogP) is 4.46.